The molecule has 0 aliphatic carbocycles. The molecule has 0 aromatic heterocycles. The Labute approximate surface area is 124 Å². The molecule has 0 saturated carbocycles. The fraction of sp³-hybridized carbons (Fsp3) is 0.667. The second kappa shape index (κ2) is 7.68. The third kappa shape index (κ3) is 3.99. The predicted octanol–water partition coefficient (Wildman–Crippen LogP) is 4.17. The molecule has 2 heteroatoms. The van der Waals surface area contributed by atoms with Gasteiger partial charge >= 0.3 is 0 Å². The van der Waals surface area contributed by atoms with Crippen molar-refractivity contribution in [2.24, 2.45) is 5.92 Å². The van der Waals surface area contributed by atoms with Crippen LogP contribution in [-0.2, 0) is 6.42 Å². The Kier molecular flexibility index (Phi) is 5.90. The first kappa shape index (κ1) is 15.4. The van der Waals surface area contributed by atoms with Crippen molar-refractivity contribution in [2.75, 3.05) is 25.0 Å². The Morgan fingerprint density at radius 1 is 1.20 bits per heavy atom. The molecule has 2 rings (SSSR count). The van der Waals surface area contributed by atoms with Crippen LogP contribution in [0.2, 0.25) is 0 Å². The standard InChI is InChI=1S/C18H30N2/c1-4-12-20-13-10-17(11-14-20)15(3)19-18-9-7-6-8-16(18)5-2/h6-9,15,17,19H,4-5,10-14H2,1-3H3. The molecule has 1 aliphatic heterocycles. The molecule has 0 radical (unpaired) electrons. The summed E-state index contributed by atoms with van der Waals surface area (Å²) in [4.78, 5) is 2.61. The minimum atomic E-state index is 0.575. The van der Waals surface area contributed by atoms with Crippen molar-refractivity contribution < 1.29 is 0 Å². The minimum absolute atomic E-state index is 0.575. The zero-order valence-corrected chi connectivity index (χ0v) is 13.4. The molecule has 1 aromatic rings. The van der Waals surface area contributed by atoms with E-state index >= 15 is 0 Å². The van der Waals surface area contributed by atoms with Crippen LogP contribution in [0.5, 0.6) is 0 Å². The Hall–Kier alpha value is -1.02. The van der Waals surface area contributed by atoms with Crippen LogP contribution in [-0.4, -0.2) is 30.6 Å². The highest BCUT2D eigenvalue weighted by Crippen LogP contribution is 2.25. The molecular formula is C18H30N2. The van der Waals surface area contributed by atoms with Gasteiger partial charge in [0.25, 0.3) is 0 Å². The fourth-order valence-corrected chi connectivity index (χ4v) is 3.33. The van der Waals surface area contributed by atoms with E-state index in [1.807, 2.05) is 0 Å². The number of piperidine rings is 1. The molecule has 1 aromatic carbocycles. The lowest BCUT2D eigenvalue weighted by Crippen LogP contribution is -2.39. The Morgan fingerprint density at radius 3 is 2.55 bits per heavy atom. The molecule has 2 nitrogen and oxygen atoms in total. The molecule has 1 heterocycles. The summed E-state index contributed by atoms with van der Waals surface area (Å²) < 4.78 is 0. The van der Waals surface area contributed by atoms with E-state index in [9.17, 15) is 0 Å². The summed E-state index contributed by atoms with van der Waals surface area (Å²) in [6.45, 7) is 10.7. The number of aryl methyl sites for hydroxylation is 1. The van der Waals surface area contributed by atoms with Gasteiger partial charge in [-0.2, -0.15) is 0 Å². The average molecular weight is 274 g/mol. The normalized spacial score (nSPS) is 18.9. The largest absolute Gasteiger partial charge is 0.382 e. The number of hydrogen-bond donors (Lipinski definition) is 1. The highest BCUT2D eigenvalue weighted by Gasteiger charge is 2.23. The van der Waals surface area contributed by atoms with Gasteiger partial charge in [-0.05, 0) is 69.8 Å². The number of nitrogens with zero attached hydrogens (tertiary/aromatic N) is 1. The predicted molar refractivity (Wildman–Crippen MR) is 88.4 cm³/mol. The van der Waals surface area contributed by atoms with E-state index in [1.54, 1.807) is 0 Å². The average Bonchev–Trinajstić information content (AvgIpc) is 2.49. The van der Waals surface area contributed by atoms with Gasteiger partial charge in [0.1, 0.15) is 0 Å². The maximum absolute atomic E-state index is 3.76. The van der Waals surface area contributed by atoms with Crippen LogP contribution >= 0.6 is 0 Å². The van der Waals surface area contributed by atoms with Crippen LogP contribution in [0.1, 0.15) is 45.6 Å². The highest BCUT2D eigenvalue weighted by atomic mass is 15.1. The van der Waals surface area contributed by atoms with Gasteiger partial charge in [0.2, 0.25) is 0 Å². The lowest BCUT2D eigenvalue weighted by Gasteiger charge is -2.35. The number of para-hydroxylation sites is 1. The van der Waals surface area contributed by atoms with Crippen LogP contribution in [0.4, 0.5) is 5.69 Å². The summed E-state index contributed by atoms with van der Waals surface area (Å²) in [6.07, 6.45) is 5.05. The SMILES string of the molecule is CCCN1CCC(C(C)Nc2ccccc2CC)CC1. The molecule has 0 amide bonds. The topological polar surface area (TPSA) is 15.3 Å². The summed E-state index contributed by atoms with van der Waals surface area (Å²) in [5, 5.41) is 3.76. The van der Waals surface area contributed by atoms with Gasteiger partial charge in [-0.25, -0.2) is 0 Å². The van der Waals surface area contributed by atoms with Gasteiger partial charge in [0.15, 0.2) is 0 Å². The van der Waals surface area contributed by atoms with Crippen molar-refractivity contribution in [3.05, 3.63) is 29.8 Å². The van der Waals surface area contributed by atoms with Gasteiger partial charge in [0, 0.05) is 11.7 Å². The third-order valence-corrected chi connectivity index (χ3v) is 4.66. The number of benzene rings is 1. The van der Waals surface area contributed by atoms with Crippen molar-refractivity contribution in [1.29, 1.82) is 0 Å². The zero-order valence-electron chi connectivity index (χ0n) is 13.4. The highest BCUT2D eigenvalue weighted by molar-refractivity contribution is 5.51. The van der Waals surface area contributed by atoms with Crippen LogP contribution in [0.15, 0.2) is 24.3 Å². The molecule has 1 atom stereocenters. The number of nitrogens with one attached hydrogen (secondary N) is 1. The van der Waals surface area contributed by atoms with Gasteiger partial charge in [-0.1, -0.05) is 32.0 Å². The fourth-order valence-electron chi connectivity index (χ4n) is 3.33. The molecule has 1 aliphatic rings. The van der Waals surface area contributed by atoms with E-state index in [1.165, 1.54) is 50.1 Å². The molecule has 1 saturated heterocycles. The van der Waals surface area contributed by atoms with E-state index in [0.29, 0.717) is 6.04 Å². The molecule has 20 heavy (non-hydrogen) atoms. The Balaban J connectivity index is 1.88. The van der Waals surface area contributed by atoms with Crippen molar-refractivity contribution in [1.82, 2.24) is 4.90 Å². The van der Waals surface area contributed by atoms with Crippen LogP contribution in [0.3, 0.4) is 0 Å². The third-order valence-electron chi connectivity index (χ3n) is 4.66. The van der Waals surface area contributed by atoms with Gasteiger partial charge in [-0.15, -0.1) is 0 Å². The Bertz CT molecular complexity index is 394. The smallest absolute Gasteiger partial charge is 0.0374 e. The minimum Gasteiger partial charge on any atom is -0.382 e. The Morgan fingerprint density at radius 2 is 1.90 bits per heavy atom. The molecule has 1 unspecified atom stereocenters. The molecular weight excluding hydrogens is 244 g/mol. The summed E-state index contributed by atoms with van der Waals surface area (Å²) in [5.41, 5.74) is 2.77. The first-order valence-electron chi connectivity index (χ1n) is 8.31. The molecule has 0 spiro atoms. The summed E-state index contributed by atoms with van der Waals surface area (Å²) >= 11 is 0. The lowest BCUT2D eigenvalue weighted by atomic mass is 9.90. The van der Waals surface area contributed by atoms with Crippen LogP contribution in [0.25, 0.3) is 0 Å². The second-order valence-electron chi connectivity index (χ2n) is 6.12. The van der Waals surface area contributed by atoms with Gasteiger partial charge < -0.3 is 10.2 Å². The van der Waals surface area contributed by atoms with E-state index in [2.05, 4.69) is 55.3 Å². The van der Waals surface area contributed by atoms with E-state index in [4.69, 9.17) is 0 Å². The summed E-state index contributed by atoms with van der Waals surface area (Å²) in [6, 6.07) is 9.31. The zero-order chi connectivity index (χ0) is 14.4. The van der Waals surface area contributed by atoms with Gasteiger partial charge in [0.05, 0.1) is 0 Å². The molecule has 1 N–H and O–H groups in total. The molecule has 1 fully saturated rings. The summed E-state index contributed by atoms with van der Waals surface area (Å²) in [7, 11) is 0. The maximum Gasteiger partial charge on any atom is 0.0374 e. The lowest BCUT2D eigenvalue weighted by molar-refractivity contribution is 0.176. The van der Waals surface area contributed by atoms with E-state index < -0.39 is 0 Å². The molecule has 112 valence electrons. The first-order chi connectivity index (χ1) is 9.74. The second-order valence-corrected chi connectivity index (χ2v) is 6.12. The van der Waals surface area contributed by atoms with Gasteiger partial charge in [-0.3, -0.25) is 0 Å². The van der Waals surface area contributed by atoms with Crippen LogP contribution < -0.4 is 5.32 Å². The summed E-state index contributed by atoms with van der Waals surface area (Å²) in [5.74, 6) is 0.813. The van der Waals surface area contributed by atoms with E-state index in [0.717, 1.165) is 12.3 Å². The number of likely N-dealkylation sites (tertiary alicyclic amines) is 1. The number of rotatable bonds is 6. The van der Waals surface area contributed by atoms with E-state index in [-0.39, 0.29) is 0 Å². The first-order valence-corrected chi connectivity index (χ1v) is 8.31. The van der Waals surface area contributed by atoms with Crippen molar-refractivity contribution in [3.63, 3.8) is 0 Å². The van der Waals surface area contributed by atoms with Crippen molar-refractivity contribution in [2.45, 2.75) is 52.5 Å². The number of anilines is 1. The molecule has 0 bridgehead atoms. The maximum atomic E-state index is 3.76. The quantitative estimate of drug-likeness (QED) is 0.837. The monoisotopic (exact) mass is 274 g/mol. The van der Waals surface area contributed by atoms with Crippen molar-refractivity contribution in [3.8, 4) is 0 Å². The van der Waals surface area contributed by atoms with Crippen LogP contribution in [0, 0.1) is 5.92 Å². The van der Waals surface area contributed by atoms with Crippen molar-refractivity contribution >= 4 is 5.69 Å². The number of hydrogen-bond acceptors (Lipinski definition) is 2.